The van der Waals surface area contributed by atoms with Crippen molar-refractivity contribution in [2.45, 2.75) is 19.8 Å². The Kier molecular flexibility index (Phi) is 4.28. The van der Waals surface area contributed by atoms with Crippen LogP contribution in [0.1, 0.15) is 35.1 Å². The molecule has 1 N–H and O–H groups in total. The summed E-state index contributed by atoms with van der Waals surface area (Å²) in [6, 6.07) is 0. The van der Waals surface area contributed by atoms with Crippen molar-refractivity contribution in [1.82, 2.24) is 19.6 Å². The number of nitrogens with one attached hydrogen (secondary N) is 1. The fraction of sp³-hybridized carbons (Fsp3) is 0.300. The van der Waals surface area contributed by atoms with E-state index in [1.807, 2.05) is 13.8 Å². The van der Waals surface area contributed by atoms with Gasteiger partial charge in [-0.25, -0.2) is 9.97 Å². The van der Waals surface area contributed by atoms with Gasteiger partial charge in [0.05, 0.1) is 5.69 Å². The SMILES string of the molecule is CC(C)c1nnsc1C(=O)Nc1ncnc(Cl)c1Cl. The standard InChI is InChI=1S/C10H9Cl2N5OS/c1-4(2)6-7(19-17-16-6)10(18)15-9-5(11)8(12)13-3-14-9/h3-4H,1-2H3,(H,13,14,15,18). The smallest absolute Gasteiger partial charge is 0.270 e. The van der Waals surface area contributed by atoms with Gasteiger partial charge >= 0.3 is 0 Å². The molecule has 2 rings (SSSR count). The van der Waals surface area contributed by atoms with Crippen LogP contribution in [0.4, 0.5) is 5.82 Å². The quantitative estimate of drug-likeness (QED) is 0.880. The van der Waals surface area contributed by atoms with Crippen LogP contribution in [0.25, 0.3) is 0 Å². The average molecular weight is 318 g/mol. The van der Waals surface area contributed by atoms with E-state index in [9.17, 15) is 4.79 Å². The molecule has 1 amide bonds. The zero-order chi connectivity index (χ0) is 14.0. The predicted molar refractivity (Wildman–Crippen MR) is 74.0 cm³/mol. The summed E-state index contributed by atoms with van der Waals surface area (Å²) < 4.78 is 3.79. The highest BCUT2D eigenvalue weighted by atomic mass is 35.5. The topological polar surface area (TPSA) is 80.7 Å². The number of carbonyl (C=O) groups is 1. The Labute approximate surface area is 123 Å². The first-order chi connectivity index (χ1) is 9.00. The second-order valence-electron chi connectivity index (χ2n) is 3.92. The van der Waals surface area contributed by atoms with Gasteiger partial charge in [0, 0.05) is 0 Å². The van der Waals surface area contributed by atoms with Gasteiger partial charge in [-0.3, -0.25) is 4.79 Å². The highest BCUT2D eigenvalue weighted by molar-refractivity contribution is 7.08. The molecule has 0 bridgehead atoms. The maximum Gasteiger partial charge on any atom is 0.270 e. The number of rotatable bonds is 3. The van der Waals surface area contributed by atoms with Gasteiger partial charge < -0.3 is 5.32 Å². The lowest BCUT2D eigenvalue weighted by Gasteiger charge is -2.06. The molecule has 0 aliphatic carbocycles. The van der Waals surface area contributed by atoms with Gasteiger partial charge in [-0.2, -0.15) is 0 Å². The number of amides is 1. The summed E-state index contributed by atoms with van der Waals surface area (Å²) in [5.41, 5.74) is 0.638. The second-order valence-corrected chi connectivity index (χ2v) is 5.41. The number of halogens is 2. The number of hydrogen-bond acceptors (Lipinski definition) is 6. The van der Waals surface area contributed by atoms with Crippen LogP contribution >= 0.6 is 34.7 Å². The molecule has 0 aliphatic heterocycles. The molecule has 6 nitrogen and oxygen atoms in total. The lowest BCUT2D eigenvalue weighted by atomic mass is 10.1. The van der Waals surface area contributed by atoms with E-state index in [1.54, 1.807) is 0 Å². The van der Waals surface area contributed by atoms with Gasteiger partial charge in [-0.15, -0.1) is 5.10 Å². The second kappa shape index (κ2) is 5.77. The zero-order valence-corrected chi connectivity index (χ0v) is 12.3. The molecule has 0 saturated carbocycles. The summed E-state index contributed by atoms with van der Waals surface area (Å²) in [5, 5.41) is 6.69. The average Bonchev–Trinajstić information content (AvgIpc) is 2.84. The molecule has 0 unspecified atom stereocenters. The molecule has 100 valence electrons. The van der Waals surface area contributed by atoms with Gasteiger partial charge in [0.1, 0.15) is 16.2 Å². The minimum Gasteiger partial charge on any atom is -0.304 e. The lowest BCUT2D eigenvalue weighted by molar-refractivity contribution is 0.102. The first-order valence-corrected chi connectivity index (χ1v) is 6.83. The minimum atomic E-state index is -0.365. The largest absolute Gasteiger partial charge is 0.304 e. The molecule has 19 heavy (non-hydrogen) atoms. The summed E-state index contributed by atoms with van der Waals surface area (Å²) in [6.45, 7) is 3.87. The molecule has 0 fully saturated rings. The van der Waals surface area contributed by atoms with Crippen molar-refractivity contribution in [3.63, 3.8) is 0 Å². The molecule has 0 spiro atoms. The summed E-state index contributed by atoms with van der Waals surface area (Å²) >= 11 is 12.7. The molecule has 0 radical (unpaired) electrons. The number of aromatic nitrogens is 4. The van der Waals surface area contributed by atoms with Crippen molar-refractivity contribution in [2.75, 3.05) is 5.32 Å². The van der Waals surface area contributed by atoms with Crippen LogP contribution in [0, 0.1) is 0 Å². The Hall–Kier alpha value is -1.31. The van der Waals surface area contributed by atoms with Crippen molar-refractivity contribution in [3.8, 4) is 0 Å². The Morgan fingerprint density at radius 1 is 1.37 bits per heavy atom. The van der Waals surface area contributed by atoms with Gasteiger partial charge in [0.25, 0.3) is 5.91 Å². The van der Waals surface area contributed by atoms with Crippen molar-refractivity contribution in [2.24, 2.45) is 0 Å². The minimum absolute atomic E-state index is 0.0819. The molecule has 0 saturated heterocycles. The monoisotopic (exact) mass is 317 g/mol. The van der Waals surface area contributed by atoms with E-state index in [4.69, 9.17) is 23.2 Å². The van der Waals surface area contributed by atoms with E-state index in [0.717, 1.165) is 11.5 Å². The predicted octanol–water partition coefficient (Wildman–Crippen LogP) is 3.01. The molecule has 9 heteroatoms. The van der Waals surface area contributed by atoms with Crippen LogP contribution in [-0.2, 0) is 0 Å². The van der Waals surface area contributed by atoms with Gasteiger partial charge in [0.2, 0.25) is 0 Å². The summed E-state index contributed by atoms with van der Waals surface area (Å²) in [6.07, 6.45) is 1.22. The Morgan fingerprint density at radius 3 is 2.79 bits per heavy atom. The normalized spacial score (nSPS) is 10.8. The number of hydrogen-bond donors (Lipinski definition) is 1. The Bertz CT molecular complexity index is 616. The zero-order valence-electron chi connectivity index (χ0n) is 10.0. The summed E-state index contributed by atoms with van der Waals surface area (Å²) in [7, 11) is 0. The van der Waals surface area contributed by atoms with E-state index < -0.39 is 0 Å². The lowest BCUT2D eigenvalue weighted by Crippen LogP contribution is -2.14. The number of carbonyl (C=O) groups excluding carboxylic acids is 1. The first-order valence-electron chi connectivity index (χ1n) is 5.30. The molecule has 2 heterocycles. The van der Waals surface area contributed by atoms with Gasteiger partial charge in [0.15, 0.2) is 11.0 Å². The molecule has 2 aromatic rings. The van der Waals surface area contributed by atoms with Crippen LogP contribution in [0.15, 0.2) is 6.33 Å². The maximum absolute atomic E-state index is 12.1. The van der Waals surface area contributed by atoms with Crippen LogP contribution in [0.2, 0.25) is 10.2 Å². The van der Waals surface area contributed by atoms with Crippen molar-refractivity contribution < 1.29 is 4.79 Å². The molecule has 0 aliphatic rings. The number of anilines is 1. The fourth-order valence-electron chi connectivity index (χ4n) is 1.33. The molecular formula is C10H9Cl2N5OS. The van der Waals surface area contributed by atoms with E-state index >= 15 is 0 Å². The van der Waals surface area contributed by atoms with Crippen molar-refractivity contribution in [1.29, 1.82) is 0 Å². The third kappa shape index (κ3) is 2.99. The van der Waals surface area contributed by atoms with Crippen molar-refractivity contribution >= 4 is 46.5 Å². The molecule has 0 aromatic carbocycles. The number of nitrogens with zero attached hydrogens (tertiary/aromatic N) is 4. The van der Waals surface area contributed by atoms with Gasteiger partial charge in [-0.05, 0) is 17.5 Å². The third-order valence-electron chi connectivity index (χ3n) is 2.25. The molecule has 0 atom stereocenters. The molecule has 2 aromatic heterocycles. The van der Waals surface area contributed by atoms with Crippen LogP contribution in [0.5, 0.6) is 0 Å². The highest BCUT2D eigenvalue weighted by Crippen LogP contribution is 2.27. The fourth-order valence-corrected chi connectivity index (χ4v) is 2.33. The van der Waals surface area contributed by atoms with Crippen LogP contribution < -0.4 is 5.32 Å². The van der Waals surface area contributed by atoms with Crippen LogP contribution in [0.3, 0.4) is 0 Å². The molecular weight excluding hydrogens is 309 g/mol. The van der Waals surface area contributed by atoms with E-state index in [2.05, 4.69) is 24.9 Å². The third-order valence-corrected chi connectivity index (χ3v) is 3.73. The van der Waals surface area contributed by atoms with E-state index in [1.165, 1.54) is 6.33 Å². The first kappa shape index (κ1) is 14.1. The van der Waals surface area contributed by atoms with E-state index in [0.29, 0.717) is 10.6 Å². The highest BCUT2D eigenvalue weighted by Gasteiger charge is 2.20. The maximum atomic E-state index is 12.1. The Balaban J connectivity index is 2.26. The Morgan fingerprint density at radius 2 is 2.11 bits per heavy atom. The van der Waals surface area contributed by atoms with Crippen molar-refractivity contribution in [3.05, 3.63) is 27.1 Å². The van der Waals surface area contributed by atoms with Gasteiger partial charge in [-0.1, -0.05) is 41.5 Å². The van der Waals surface area contributed by atoms with E-state index in [-0.39, 0.29) is 27.8 Å². The summed E-state index contributed by atoms with van der Waals surface area (Å²) in [5.74, 6) is -0.103. The van der Waals surface area contributed by atoms with Crippen LogP contribution in [-0.4, -0.2) is 25.5 Å². The summed E-state index contributed by atoms with van der Waals surface area (Å²) in [4.78, 5) is 20.1.